The number of piperidine rings is 2. The summed E-state index contributed by atoms with van der Waals surface area (Å²) in [5.74, 6) is -3.87. The topological polar surface area (TPSA) is 90.6 Å². The van der Waals surface area contributed by atoms with Crippen LogP contribution in [0, 0.1) is 35.1 Å². The molecule has 0 aliphatic carbocycles. The molecule has 2 saturated heterocycles. The largest absolute Gasteiger partial charge is 0.384 e. The fourth-order valence-electron chi connectivity index (χ4n) is 5.44. The minimum Gasteiger partial charge on any atom is -0.384 e. The van der Waals surface area contributed by atoms with Crippen LogP contribution in [0.5, 0.6) is 0 Å². The zero-order valence-corrected chi connectivity index (χ0v) is 19.8. The highest BCUT2D eigenvalue weighted by Crippen LogP contribution is 2.44. The summed E-state index contributed by atoms with van der Waals surface area (Å²) in [5, 5.41) is 17.6. The van der Waals surface area contributed by atoms with Crippen molar-refractivity contribution in [1.29, 1.82) is 0 Å². The number of anilines is 1. The molecule has 10 heteroatoms. The number of nitrogens with two attached hydrogens (primary N) is 1. The van der Waals surface area contributed by atoms with Gasteiger partial charge in [-0.05, 0) is 35.4 Å². The van der Waals surface area contributed by atoms with Crippen LogP contribution in [0.1, 0.15) is 11.1 Å². The number of hydrogen-bond donors (Lipinski definition) is 4. The summed E-state index contributed by atoms with van der Waals surface area (Å²) in [4.78, 5) is 14.3. The summed E-state index contributed by atoms with van der Waals surface area (Å²) in [6, 6.07) is 10.8. The summed E-state index contributed by atoms with van der Waals surface area (Å²) in [7, 11) is 0. The van der Waals surface area contributed by atoms with E-state index in [9.17, 15) is 23.1 Å². The highest BCUT2D eigenvalue weighted by Gasteiger charge is 2.52. The SMILES string of the molecule is NCc1ccc(-c2ccc(C3(O)[C@@H]4CNC[C@H]3CN(C(=O)Nc3cc(F)cc(F)c3)C4)cc2F)c(F)c1. The Bertz CT molecular complexity index is 1320. The van der Waals surface area contributed by atoms with Gasteiger partial charge in [-0.1, -0.05) is 24.3 Å². The molecule has 5 rings (SSSR count). The fourth-order valence-corrected chi connectivity index (χ4v) is 5.44. The van der Waals surface area contributed by atoms with Crippen molar-refractivity contribution in [3.63, 3.8) is 0 Å². The molecule has 0 saturated carbocycles. The van der Waals surface area contributed by atoms with E-state index in [1.54, 1.807) is 12.1 Å². The van der Waals surface area contributed by atoms with E-state index in [4.69, 9.17) is 5.73 Å². The van der Waals surface area contributed by atoms with Crippen molar-refractivity contribution in [2.75, 3.05) is 31.5 Å². The lowest BCUT2D eigenvalue weighted by molar-refractivity contribution is -0.129. The second-order valence-electron chi connectivity index (χ2n) is 9.58. The zero-order chi connectivity index (χ0) is 26.3. The van der Waals surface area contributed by atoms with Crippen LogP contribution in [0.2, 0.25) is 0 Å². The lowest BCUT2D eigenvalue weighted by atomic mass is 9.67. The number of carbonyl (C=O) groups excluding carboxylic acids is 1. The van der Waals surface area contributed by atoms with Crippen LogP contribution >= 0.6 is 0 Å². The molecular weight excluding hydrogens is 488 g/mol. The van der Waals surface area contributed by atoms with E-state index in [0.717, 1.165) is 12.1 Å². The summed E-state index contributed by atoms with van der Waals surface area (Å²) in [6.45, 7) is 1.15. The highest BCUT2D eigenvalue weighted by atomic mass is 19.1. The average molecular weight is 515 g/mol. The van der Waals surface area contributed by atoms with Crippen molar-refractivity contribution < 1.29 is 27.5 Å². The highest BCUT2D eigenvalue weighted by molar-refractivity contribution is 5.89. The molecule has 2 aliphatic heterocycles. The third-order valence-electron chi connectivity index (χ3n) is 7.30. The maximum absolute atomic E-state index is 15.3. The molecule has 194 valence electrons. The van der Waals surface area contributed by atoms with Gasteiger partial charge < -0.3 is 26.4 Å². The first-order chi connectivity index (χ1) is 17.7. The minimum atomic E-state index is -1.44. The van der Waals surface area contributed by atoms with Crippen molar-refractivity contribution in [2.24, 2.45) is 17.6 Å². The second kappa shape index (κ2) is 9.77. The molecule has 6 nitrogen and oxygen atoms in total. The van der Waals surface area contributed by atoms with E-state index >= 15 is 4.39 Å². The van der Waals surface area contributed by atoms with Crippen molar-refractivity contribution in [2.45, 2.75) is 12.1 Å². The minimum absolute atomic E-state index is 0.0176. The number of nitrogens with zero attached hydrogens (tertiary/aromatic N) is 1. The fraction of sp³-hybridized carbons (Fsp3) is 0.296. The Balaban J connectivity index is 1.39. The van der Waals surface area contributed by atoms with Gasteiger partial charge in [0.05, 0.1) is 0 Å². The standard InChI is InChI=1S/C27H26F4N4O2/c28-19-7-20(29)9-21(8-19)34-26(36)35-13-17-11-33-12-18(14-35)27(17,37)16-2-4-23(25(31)6-16)22-3-1-15(10-32)5-24(22)30/h1-9,17-18,33,37H,10-14,32H2,(H,34,36)/t17-,18+,27?. The Morgan fingerprint density at radius 2 is 1.54 bits per heavy atom. The number of benzene rings is 3. The summed E-state index contributed by atoms with van der Waals surface area (Å²) < 4.78 is 56.9. The van der Waals surface area contributed by atoms with E-state index in [-0.39, 0.29) is 36.4 Å². The van der Waals surface area contributed by atoms with Crippen molar-refractivity contribution in [3.8, 4) is 11.1 Å². The van der Waals surface area contributed by atoms with E-state index in [2.05, 4.69) is 10.6 Å². The first-order valence-electron chi connectivity index (χ1n) is 11.9. The van der Waals surface area contributed by atoms with Gasteiger partial charge in [0.2, 0.25) is 0 Å². The molecule has 1 unspecified atom stereocenters. The van der Waals surface area contributed by atoms with Crippen molar-refractivity contribution >= 4 is 11.7 Å². The van der Waals surface area contributed by atoms with Gasteiger partial charge in [-0.15, -0.1) is 0 Å². The van der Waals surface area contributed by atoms with Crippen molar-refractivity contribution in [1.82, 2.24) is 10.2 Å². The number of amides is 2. The van der Waals surface area contributed by atoms with Gasteiger partial charge in [-0.3, -0.25) is 0 Å². The molecule has 0 radical (unpaired) electrons. The number of aliphatic hydroxyl groups is 1. The number of likely N-dealkylation sites (tertiary alicyclic amines) is 1. The second-order valence-corrected chi connectivity index (χ2v) is 9.58. The van der Waals surface area contributed by atoms with Crippen LogP contribution in [0.15, 0.2) is 54.6 Å². The lowest BCUT2D eigenvalue weighted by Crippen LogP contribution is -2.65. The third kappa shape index (κ3) is 4.68. The van der Waals surface area contributed by atoms with Crippen LogP contribution in [-0.4, -0.2) is 42.2 Å². The molecule has 3 atom stereocenters. The molecule has 2 bridgehead atoms. The molecule has 37 heavy (non-hydrogen) atoms. The van der Waals surface area contributed by atoms with Crippen LogP contribution in [0.3, 0.4) is 0 Å². The number of urea groups is 1. The van der Waals surface area contributed by atoms with E-state index in [1.807, 2.05) is 0 Å². The molecule has 0 aromatic heterocycles. The normalized spacial score (nSPS) is 23.1. The maximum atomic E-state index is 15.3. The summed E-state index contributed by atoms with van der Waals surface area (Å²) in [5.41, 5.74) is 5.18. The Morgan fingerprint density at radius 1 is 0.946 bits per heavy atom. The third-order valence-corrected chi connectivity index (χ3v) is 7.30. The van der Waals surface area contributed by atoms with Crippen LogP contribution < -0.4 is 16.4 Å². The average Bonchev–Trinajstić information content (AvgIpc) is 2.83. The Labute approximate surface area is 211 Å². The summed E-state index contributed by atoms with van der Waals surface area (Å²) >= 11 is 0. The van der Waals surface area contributed by atoms with Crippen LogP contribution in [0.25, 0.3) is 11.1 Å². The molecule has 2 amide bonds. The maximum Gasteiger partial charge on any atom is 0.321 e. The molecule has 2 aliphatic rings. The lowest BCUT2D eigenvalue weighted by Gasteiger charge is -2.53. The summed E-state index contributed by atoms with van der Waals surface area (Å²) in [6.07, 6.45) is 0. The van der Waals surface area contributed by atoms with Crippen LogP contribution in [-0.2, 0) is 12.1 Å². The molecule has 3 aromatic carbocycles. The van der Waals surface area contributed by atoms with Gasteiger partial charge in [0.25, 0.3) is 0 Å². The van der Waals surface area contributed by atoms with Gasteiger partial charge in [-0.2, -0.15) is 0 Å². The monoisotopic (exact) mass is 514 g/mol. The molecule has 2 fully saturated rings. The van der Waals surface area contributed by atoms with Gasteiger partial charge in [0, 0.05) is 67.4 Å². The number of carbonyl (C=O) groups is 1. The van der Waals surface area contributed by atoms with Gasteiger partial charge in [-0.25, -0.2) is 22.4 Å². The van der Waals surface area contributed by atoms with Gasteiger partial charge in [0.1, 0.15) is 28.9 Å². The van der Waals surface area contributed by atoms with Crippen LogP contribution in [0.4, 0.5) is 28.0 Å². The zero-order valence-electron chi connectivity index (χ0n) is 19.8. The Kier molecular flexibility index (Phi) is 6.65. The van der Waals surface area contributed by atoms with E-state index in [1.165, 1.54) is 29.2 Å². The quantitative estimate of drug-likeness (QED) is 0.397. The number of halogens is 4. The number of fused-ring (bicyclic) bond motifs is 2. The molecule has 5 N–H and O–H groups in total. The smallest absolute Gasteiger partial charge is 0.321 e. The number of hydrogen-bond acceptors (Lipinski definition) is 4. The van der Waals surface area contributed by atoms with Gasteiger partial charge in [0.15, 0.2) is 0 Å². The predicted molar refractivity (Wildman–Crippen MR) is 130 cm³/mol. The van der Waals surface area contributed by atoms with E-state index in [0.29, 0.717) is 30.3 Å². The molecular formula is C27H26F4N4O2. The van der Waals surface area contributed by atoms with Gasteiger partial charge >= 0.3 is 6.03 Å². The van der Waals surface area contributed by atoms with E-state index < -0.39 is 46.7 Å². The first kappa shape index (κ1) is 25.2. The number of rotatable bonds is 4. The first-order valence-corrected chi connectivity index (χ1v) is 11.9. The van der Waals surface area contributed by atoms with Crippen molar-refractivity contribution in [3.05, 3.63) is 89.0 Å². The predicted octanol–water partition coefficient (Wildman–Crippen LogP) is 3.94. The molecule has 0 spiro atoms. The molecule has 3 aromatic rings. The molecule has 2 heterocycles. The Hall–Kier alpha value is -3.47. The number of nitrogens with one attached hydrogen (secondary N) is 2. The Morgan fingerprint density at radius 3 is 2.11 bits per heavy atom.